The molecule has 2 rings (SSSR count). The molecule has 1 amide bonds. The molecule has 1 N–H and O–H groups in total. The molecule has 1 aromatic heterocycles. The zero-order valence-electron chi connectivity index (χ0n) is 10.5. The maximum atomic E-state index is 11.6. The molecule has 18 heavy (non-hydrogen) atoms. The van der Waals surface area contributed by atoms with Crippen molar-refractivity contribution in [3.63, 3.8) is 0 Å². The van der Waals surface area contributed by atoms with Crippen LogP contribution in [0.25, 0.3) is 0 Å². The molecule has 2 aromatic rings. The van der Waals surface area contributed by atoms with Crippen molar-refractivity contribution in [2.45, 2.75) is 26.3 Å². The summed E-state index contributed by atoms with van der Waals surface area (Å²) in [5.41, 5.74) is 2.33. The molecule has 0 saturated heterocycles. The number of carbonyl (C=O) groups is 1. The summed E-state index contributed by atoms with van der Waals surface area (Å²) in [5, 5.41) is 2.91. The smallest absolute Gasteiger partial charge is 0.220 e. The molecule has 0 unspecified atom stereocenters. The van der Waals surface area contributed by atoms with E-state index in [0.29, 0.717) is 19.4 Å². The van der Waals surface area contributed by atoms with E-state index < -0.39 is 0 Å². The van der Waals surface area contributed by atoms with E-state index in [0.717, 1.165) is 11.3 Å². The van der Waals surface area contributed by atoms with E-state index in [4.69, 9.17) is 4.42 Å². The highest BCUT2D eigenvalue weighted by molar-refractivity contribution is 5.76. The van der Waals surface area contributed by atoms with Gasteiger partial charge in [0.1, 0.15) is 5.76 Å². The van der Waals surface area contributed by atoms with Gasteiger partial charge in [0.25, 0.3) is 0 Å². The average Bonchev–Trinajstić information content (AvgIpc) is 2.87. The van der Waals surface area contributed by atoms with E-state index in [-0.39, 0.29) is 5.91 Å². The van der Waals surface area contributed by atoms with Gasteiger partial charge in [0.2, 0.25) is 5.91 Å². The molecule has 0 aliphatic rings. The Morgan fingerprint density at radius 3 is 2.89 bits per heavy atom. The van der Waals surface area contributed by atoms with Gasteiger partial charge in [0, 0.05) is 19.4 Å². The van der Waals surface area contributed by atoms with Crippen molar-refractivity contribution < 1.29 is 9.21 Å². The van der Waals surface area contributed by atoms with Crippen LogP contribution in [0.3, 0.4) is 0 Å². The molecule has 0 aliphatic carbocycles. The summed E-state index contributed by atoms with van der Waals surface area (Å²) in [6, 6.07) is 11.8. The van der Waals surface area contributed by atoms with Gasteiger partial charge in [-0.3, -0.25) is 4.79 Å². The Kier molecular flexibility index (Phi) is 4.18. The minimum atomic E-state index is 0.0490. The minimum absolute atomic E-state index is 0.0490. The number of rotatable bonds is 5. The normalized spacial score (nSPS) is 10.3. The van der Waals surface area contributed by atoms with Crippen LogP contribution >= 0.6 is 0 Å². The monoisotopic (exact) mass is 243 g/mol. The molecule has 1 aromatic carbocycles. The molecule has 0 aliphatic heterocycles. The maximum Gasteiger partial charge on any atom is 0.220 e. The van der Waals surface area contributed by atoms with E-state index in [9.17, 15) is 4.79 Å². The van der Waals surface area contributed by atoms with Crippen molar-refractivity contribution in [3.05, 3.63) is 59.5 Å². The van der Waals surface area contributed by atoms with Crippen LogP contribution in [-0.4, -0.2) is 5.91 Å². The van der Waals surface area contributed by atoms with E-state index in [1.807, 2.05) is 37.3 Å². The number of benzene rings is 1. The second-order valence-electron chi connectivity index (χ2n) is 4.35. The third-order valence-electron chi connectivity index (χ3n) is 2.75. The van der Waals surface area contributed by atoms with E-state index in [2.05, 4.69) is 11.4 Å². The summed E-state index contributed by atoms with van der Waals surface area (Å²) in [6.07, 6.45) is 2.73. The van der Waals surface area contributed by atoms with Crippen LogP contribution in [0.15, 0.2) is 47.1 Å². The van der Waals surface area contributed by atoms with E-state index in [1.54, 1.807) is 6.26 Å². The van der Waals surface area contributed by atoms with Crippen LogP contribution in [0.2, 0.25) is 0 Å². The van der Waals surface area contributed by atoms with Gasteiger partial charge < -0.3 is 9.73 Å². The standard InChI is InChI=1S/C15H17NO2/c1-12-4-2-5-13(10-12)11-16-15(17)8-7-14-6-3-9-18-14/h2-6,9-10H,7-8,11H2,1H3,(H,16,17). The van der Waals surface area contributed by atoms with Crippen LogP contribution in [0.4, 0.5) is 0 Å². The van der Waals surface area contributed by atoms with Gasteiger partial charge in [0.15, 0.2) is 0 Å². The summed E-state index contributed by atoms with van der Waals surface area (Å²) in [5.74, 6) is 0.897. The molecule has 3 nitrogen and oxygen atoms in total. The highest BCUT2D eigenvalue weighted by atomic mass is 16.3. The number of aryl methyl sites for hydroxylation is 2. The summed E-state index contributed by atoms with van der Waals surface area (Å²) in [7, 11) is 0. The Morgan fingerprint density at radius 2 is 2.17 bits per heavy atom. The topological polar surface area (TPSA) is 42.2 Å². The fraction of sp³-hybridized carbons (Fsp3) is 0.267. The Morgan fingerprint density at radius 1 is 1.28 bits per heavy atom. The summed E-state index contributed by atoms with van der Waals surface area (Å²) in [6.45, 7) is 2.63. The van der Waals surface area contributed by atoms with Crippen molar-refractivity contribution in [3.8, 4) is 0 Å². The van der Waals surface area contributed by atoms with Gasteiger partial charge in [-0.15, -0.1) is 0 Å². The van der Waals surface area contributed by atoms with Crippen LogP contribution in [0, 0.1) is 6.92 Å². The molecule has 0 radical (unpaired) electrons. The van der Waals surface area contributed by atoms with Gasteiger partial charge in [-0.05, 0) is 24.6 Å². The van der Waals surface area contributed by atoms with Gasteiger partial charge in [-0.25, -0.2) is 0 Å². The summed E-state index contributed by atoms with van der Waals surface area (Å²) in [4.78, 5) is 11.6. The molecular weight excluding hydrogens is 226 g/mol. The summed E-state index contributed by atoms with van der Waals surface area (Å²) < 4.78 is 5.18. The lowest BCUT2D eigenvalue weighted by atomic mass is 10.1. The average molecular weight is 243 g/mol. The van der Waals surface area contributed by atoms with E-state index >= 15 is 0 Å². The molecule has 0 saturated carbocycles. The van der Waals surface area contributed by atoms with Crippen molar-refractivity contribution >= 4 is 5.91 Å². The molecule has 94 valence electrons. The van der Waals surface area contributed by atoms with Crippen LogP contribution in [0.5, 0.6) is 0 Å². The second-order valence-corrected chi connectivity index (χ2v) is 4.35. The summed E-state index contributed by atoms with van der Waals surface area (Å²) >= 11 is 0. The van der Waals surface area contributed by atoms with Crippen molar-refractivity contribution in [1.82, 2.24) is 5.32 Å². The number of hydrogen-bond donors (Lipinski definition) is 1. The van der Waals surface area contributed by atoms with Crippen molar-refractivity contribution in [2.24, 2.45) is 0 Å². The van der Waals surface area contributed by atoms with Crippen LogP contribution in [-0.2, 0) is 17.8 Å². The molecule has 0 fully saturated rings. The number of furan rings is 1. The molecule has 0 atom stereocenters. The lowest BCUT2D eigenvalue weighted by Crippen LogP contribution is -2.22. The first-order valence-electron chi connectivity index (χ1n) is 6.08. The first-order valence-corrected chi connectivity index (χ1v) is 6.08. The van der Waals surface area contributed by atoms with Crippen LogP contribution in [0.1, 0.15) is 23.3 Å². The largest absolute Gasteiger partial charge is 0.469 e. The third kappa shape index (κ3) is 3.77. The SMILES string of the molecule is Cc1cccc(CNC(=O)CCc2ccco2)c1. The highest BCUT2D eigenvalue weighted by Gasteiger charge is 2.03. The Hall–Kier alpha value is -2.03. The van der Waals surface area contributed by atoms with Gasteiger partial charge in [0.05, 0.1) is 6.26 Å². The van der Waals surface area contributed by atoms with Crippen molar-refractivity contribution in [2.75, 3.05) is 0 Å². The molecule has 0 bridgehead atoms. The predicted molar refractivity (Wildman–Crippen MR) is 70.1 cm³/mol. The van der Waals surface area contributed by atoms with Crippen LogP contribution < -0.4 is 5.32 Å². The minimum Gasteiger partial charge on any atom is -0.469 e. The molecular formula is C15H17NO2. The van der Waals surface area contributed by atoms with Crippen molar-refractivity contribution in [1.29, 1.82) is 0 Å². The molecule has 1 heterocycles. The Bertz CT molecular complexity index is 503. The maximum absolute atomic E-state index is 11.6. The zero-order chi connectivity index (χ0) is 12.8. The van der Waals surface area contributed by atoms with Gasteiger partial charge in [-0.1, -0.05) is 29.8 Å². The zero-order valence-corrected chi connectivity index (χ0v) is 10.5. The predicted octanol–water partition coefficient (Wildman–Crippen LogP) is 2.84. The first kappa shape index (κ1) is 12.4. The fourth-order valence-electron chi connectivity index (χ4n) is 1.80. The Labute approximate surface area is 107 Å². The number of nitrogens with one attached hydrogen (secondary N) is 1. The lowest BCUT2D eigenvalue weighted by molar-refractivity contribution is -0.121. The number of amides is 1. The van der Waals surface area contributed by atoms with Gasteiger partial charge in [-0.2, -0.15) is 0 Å². The molecule has 0 spiro atoms. The lowest BCUT2D eigenvalue weighted by Gasteiger charge is -2.05. The molecule has 3 heteroatoms. The number of hydrogen-bond acceptors (Lipinski definition) is 2. The van der Waals surface area contributed by atoms with E-state index in [1.165, 1.54) is 5.56 Å². The Balaban J connectivity index is 1.75. The first-order chi connectivity index (χ1) is 8.74. The highest BCUT2D eigenvalue weighted by Crippen LogP contribution is 2.05. The quantitative estimate of drug-likeness (QED) is 0.877. The second kappa shape index (κ2) is 6.05. The number of carbonyl (C=O) groups excluding carboxylic acids is 1. The fourth-order valence-corrected chi connectivity index (χ4v) is 1.80. The van der Waals surface area contributed by atoms with Gasteiger partial charge >= 0.3 is 0 Å². The third-order valence-corrected chi connectivity index (χ3v) is 2.75.